The third-order valence-corrected chi connectivity index (χ3v) is 5.00. The van der Waals surface area contributed by atoms with Gasteiger partial charge in [-0.15, -0.1) is 0 Å². The van der Waals surface area contributed by atoms with Gasteiger partial charge in [0.25, 0.3) is 0 Å². The smallest absolute Gasteiger partial charge is 0.340 e. The average Bonchev–Trinajstić information content (AvgIpc) is 2.87. The van der Waals surface area contributed by atoms with E-state index in [1.807, 2.05) is 12.1 Å². The SMILES string of the molecule is O=C1C[C@](O)(C(=O)O)[C@@H](CCCCCCC=Cc2ccc(Cl)cc2Cl)O1. The van der Waals surface area contributed by atoms with Gasteiger partial charge in [0.05, 0.1) is 6.42 Å². The fourth-order valence-electron chi connectivity index (χ4n) is 2.94. The highest BCUT2D eigenvalue weighted by molar-refractivity contribution is 6.35. The van der Waals surface area contributed by atoms with E-state index in [0.29, 0.717) is 22.9 Å². The molecule has 1 aromatic rings. The maximum Gasteiger partial charge on any atom is 0.340 e. The van der Waals surface area contributed by atoms with Crippen LogP contribution in [0, 0.1) is 0 Å². The van der Waals surface area contributed by atoms with Crippen LogP contribution in [0.5, 0.6) is 0 Å². The third-order valence-electron chi connectivity index (χ3n) is 4.44. The second-order valence-corrected chi connectivity index (χ2v) is 7.29. The molecule has 1 aromatic carbocycles. The van der Waals surface area contributed by atoms with E-state index >= 15 is 0 Å². The van der Waals surface area contributed by atoms with Gasteiger partial charge < -0.3 is 14.9 Å². The lowest BCUT2D eigenvalue weighted by molar-refractivity contribution is -0.164. The molecule has 2 N–H and O–H groups in total. The zero-order chi connectivity index (χ0) is 19.2. The van der Waals surface area contributed by atoms with Gasteiger partial charge in [-0.25, -0.2) is 4.79 Å². The van der Waals surface area contributed by atoms with Crippen LogP contribution in [0.2, 0.25) is 10.0 Å². The topological polar surface area (TPSA) is 83.8 Å². The first-order chi connectivity index (χ1) is 12.3. The van der Waals surface area contributed by atoms with Gasteiger partial charge in [0, 0.05) is 10.0 Å². The molecule has 1 saturated heterocycles. The van der Waals surface area contributed by atoms with E-state index in [1.54, 1.807) is 12.1 Å². The summed E-state index contributed by atoms with van der Waals surface area (Å²) in [6, 6.07) is 5.37. The second-order valence-electron chi connectivity index (χ2n) is 6.44. The lowest BCUT2D eigenvalue weighted by Gasteiger charge is -2.22. The minimum absolute atomic E-state index is 0.352. The van der Waals surface area contributed by atoms with Crippen LogP contribution in [0.3, 0.4) is 0 Å². The number of allylic oxidation sites excluding steroid dienone is 1. The number of benzene rings is 1. The van der Waals surface area contributed by atoms with Crippen molar-refractivity contribution in [3.63, 3.8) is 0 Å². The summed E-state index contributed by atoms with van der Waals surface area (Å²) in [5.41, 5.74) is -1.16. The molecule has 26 heavy (non-hydrogen) atoms. The van der Waals surface area contributed by atoms with E-state index in [1.165, 1.54) is 0 Å². The molecule has 0 aliphatic carbocycles. The molecule has 142 valence electrons. The number of ether oxygens (including phenoxy) is 1. The Morgan fingerprint density at radius 3 is 2.69 bits per heavy atom. The van der Waals surface area contributed by atoms with Gasteiger partial charge >= 0.3 is 11.9 Å². The molecule has 0 spiro atoms. The molecule has 0 saturated carbocycles. The summed E-state index contributed by atoms with van der Waals surface area (Å²) in [5, 5.41) is 20.4. The monoisotopic (exact) mass is 400 g/mol. The van der Waals surface area contributed by atoms with Crippen molar-refractivity contribution in [2.24, 2.45) is 0 Å². The van der Waals surface area contributed by atoms with Crippen molar-refractivity contribution in [3.8, 4) is 0 Å². The predicted molar refractivity (Wildman–Crippen MR) is 100 cm³/mol. The van der Waals surface area contributed by atoms with Gasteiger partial charge in [-0.3, -0.25) is 4.79 Å². The number of halogens is 2. The fraction of sp³-hybridized carbons (Fsp3) is 0.474. The minimum atomic E-state index is -2.09. The number of carboxylic acid groups (broad SMARTS) is 1. The normalized spacial score (nSPS) is 22.7. The van der Waals surface area contributed by atoms with E-state index < -0.39 is 30.1 Å². The van der Waals surface area contributed by atoms with Crippen LogP contribution in [0.4, 0.5) is 0 Å². The molecule has 1 aliphatic rings. The number of carboxylic acids is 1. The Hall–Kier alpha value is -1.56. The zero-order valence-electron chi connectivity index (χ0n) is 14.3. The second kappa shape index (κ2) is 9.40. The summed E-state index contributed by atoms with van der Waals surface area (Å²) < 4.78 is 4.95. The Kier molecular flexibility index (Phi) is 7.50. The van der Waals surface area contributed by atoms with Crippen molar-refractivity contribution in [1.29, 1.82) is 0 Å². The predicted octanol–water partition coefficient (Wildman–Crippen LogP) is 4.48. The first-order valence-corrected chi connectivity index (χ1v) is 9.35. The number of carbonyl (C=O) groups excluding carboxylic acids is 1. The number of aliphatic hydroxyl groups is 1. The largest absolute Gasteiger partial charge is 0.479 e. The van der Waals surface area contributed by atoms with Crippen molar-refractivity contribution in [2.45, 2.75) is 56.7 Å². The van der Waals surface area contributed by atoms with Gasteiger partial charge in [0.1, 0.15) is 6.10 Å². The highest BCUT2D eigenvalue weighted by atomic mass is 35.5. The summed E-state index contributed by atoms with van der Waals surface area (Å²) in [7, 11) is 0. The molecular formula is C19H22Cl2O5. The van der Waals surface area contributed by atoms with Gasteiger partial charge in [0.2, 0.25) is 5.60 Å². The van der Waals surface area contributed by atoms with Crippen LogP contribution >= 0.6 is 23.2 Å². The molecular weight excluding hydrogens is 379 g/mol. The summed E-state index contributed by atoms with van der Waals surface area (Å²) in [6.45, 7) is 0. The van der Waals surface area contributed by atoms with Crippen LogP contribution < -0.4 is 0 Å². The zero-order valence-corrected chi connectivity index (χ0v) is 15.8. The molecule has 2 atom stereocenters. The van der Waals surface area contributed by atoms with E-state index in [4.69, 9.17) is 33.0 Å². The molecule has 0 radical (unpaired) electrons. The Balaban J connectivity index is 1.64. The molecule has 0 amide bonds. The number of hydrogen-bond acceptors (Lipinski definition) is 4. The van der Waals surface area contributed by atoms with Crippen LogP contribution in [-0.4, -0.2) is 33.9 Å². The van der Waals surface area contributed by atoms with Gasteiger partial charge in [-0.05, 0) is 43.4 Å². The van der Waals surface area contributed by atoms with Crippen LogP contribution in [0.15, 0.2) is 24.3 Å². The van der Waals surface area contributed by atoms with Crippen molar-refractivity contribution < 1.29 is 24.5 Å². The molecule has 2 rings (SSSR count). The fourth-order valence-corrected chi connectivity index (χ4v) is 3.41. The molecule has 0 aromatic heterocycles. The lowest BCUT2D eigenvalue weighted by Crippen LogP contribution is -2.46. The third kappa shape index (κ3) is 5.47. The maximum absolute atomic E-state index is 11.3. The summed E-state index contributed by atoms with van der Waals surface area (Å²) in [6.07, 6.45) is 7.34. The number of esters is 1. The first-order valence-electron chi connectivity index (χ1n) is 8.60. The van der Waals surface area contributed by atoms with Crippen LogP contribution in [0.1, 0.15) is 50.5 Å². The van der Waals surface area contributed by atoms with E-state index in [-0.39, 0.29) is 0 Å². The van der Waals surface area contributed by atoms with Crippen molar-refractivity contribution in [2.75, 3.05) is 0 Å². The van der Waals surface area contributed by atoms with E-state index in [9.17, 15) is 14.7 Å². The van der Waals surface area contributed by atoms with Crippen molar-refractivity contribution in [1.82, 2.24) is 0 Å². The minimum Gasteiger partial charge on any atom is -0.479 e. The number of rotatable bonds is 9. The van der Waals surface area contributed by atoms with Crippen LogP contribution in [-0.2, 0) is 14.3 Å². The van der Waals surface area contributed by atoms with Crippen LogP contribution in [0.25, 0.3) is 6.08 Å². The molecule has 0 unspecified atom stereocenters. The summed E-state index contributed by atoms with van der Waals surface area (Å²) >= 11 is 11.9. The Bertz CT molecular complexity index is 689. The molecule has 1 fully saturated rings. The Morgan fingerprint density at radius 1 is 1.27 bits per heavy atom. The Morgan fingerprint density at radius 2 is 2.00 bits per heavy atom. The standard InChI is InChI=1S/C19H22Cl2O5/c20-14-10-9-13(15(21)11-14)7-5-3-1-2-4-6-8-16-19(25,18(23)24)12-17(22)26-16/h5,7,9-11,16,25H,1-4,6,8,12H2,(H,23,24)/t16-,19-/m1/s1. The maximum atomic E-state index is 11.3. The summed E-state index contributed by atoms with van der Waals surface area (Å²) in [5.74, 6) is -2.06. The molecule has 7 heteroatoms. The molecule has 5 nitrogen and oxygen atoms in total. The molecule has 1 heterocycles. The van der Waals surface area contributed by atoms with Gasteiger partial charge in [-0.1, -0.05) is 54.3 Å². The number of aliphatic carboxylic acids is 1. The van der Waals surface area contributed by atoms with E-state index in [0.717, 1.165) is 31.2 Å². The quantitative estimate of drug-likeness (QED) is 0.471. The summed E-state index contributed by atoms with van der Waals surface area (Å²) in [4.78, 5) is 22.4. The number of hydrogen-bond donors (Lipinski definition) is 2. The average molecular weight is 401 g/mol. The van der Waals surface area contributed by atoms with E-state index in [2.05, 4.69) is 6.08 Å². The number of carbonyl (C=O) groups is 2. The van der Waals surface area contributed by atoms with Gasteiger partial charge in [-0.2, -0.15) is 0 Å². The number of cyclic esters (lactones) is 1. The highest BCUT2D eigenvalue weighted by Gasteiger charge is 2.53. The molecule has 1 aliphatic heterocycles. The highest BCUT2D eigenvalue weighted by Crippen LogP contribution is 2.31. The van der Waals surface area contributed by atoms with Gasteiger partial charge in [0.15, 0.2) is 0 Å². The first kappa shape index (κ1) is 20.7. The van der Waals surface area contributed by atoms with Crippen molar-refractivity contribution >= 4 is 41.2 Å². The Labute approximate surface area is 162 Å². The lowest BCUT2D eigenvalue weighted by atomic mass is 9.91. The van der Waals surface area contributed by atoms with Crippen molar-refractivity contribution in [3.05, 3.63) is 39.9 Å². The number of unbranched alkanes of at least 4 members (excludes halogenated alkanes) is 4. The molecule has 0 bridgehead atoms.